The summed E-state index contributed by atoms with van der Waals surface area (Å²) in [5.41, 5.74) is 3.75. The Morgan fingerprint density at radius 1 is 1.06 bits per heavy atom. The lowest BCUT2D eigenvalue weighted by molar-refractivity contribution is 0.145. The van der Waals surface area contributed by atoms with Crippen molar-refractivity contribution in [2.45, 2.75) is 35.4 Å². The minimum Gasteiger partial charge on any atom is -0.393 e. The highest BCUT2D eigenvalue weighted by Gasteiger charge is 2.26. The van der Waals surface area contributed by atoms with Crippen molar-refractivity contribution in [3.63, 3.8) is 0 Å². The molecule has 11 heteroatoms. The number of methoxy groups -OCH3 is 1. The van der Waals surface area contributed by atoms with Crippen LogP contribution in [0.3, 0.4) is 0 Å². The first-order valence-corrected chi connectivity index (χ1v) is 12.0. The number of rotatable bonds is 5. The molecule has 0 aliphatic carbocycles. The average Bonchev–Trinajstić information content (AvgIpc) is 3.28. The van der Waals surface area contributed by atoms with Crippen molar-refractivity contribution in [1.82, 2.24) is 29.5 Å². The van der Waals surface area contributed by atoms with E-state index in [9.17, 15) is 5.11 Å². The van der Waals surface area contributed by atoms with Crippen LogP contribution >= 0.6 is 11.8 Å². The van der Waals surface area contributed by atoms with Crippen LogP contribution < -0.4 is 9.80 Å². The maximum Gasteiger partial charge on any atom is 0.168 e. The van der Waals surface area contributed by atoms with Gasteiger partial charge < -0.3 is 19.3 Å². The third kappa shape index (κ3) is 3.75. The fraction of sp³-hybridized carbons (Fsp3) is 0.348. The summed E-state index contributed by atoms with van der Waals surface area (Å²) in [6.07, 6.45) is 8.08. The zero-order chi connectivity index (χ0) is 23.1. The molecule has 0 unspecified atom stereocenters. The van der Waals surface area contributed by atoms with Crippen molar-refractivity contribution in [3.05, 3.63) is 48.8 Å². The van der Waals surface area contributed by atoms with Crippen LogP contribution in [-0.4, -0.2) is 67.6 Å². The van der Waals surface area contributed by atoms with E-state index in [1.54, 1.807) is 37.6 Å². The lowest BCUT2D eigenvalue weighted by atomic mass is 10.1. The van der Waals surface area contributed by atoms with Gasteiger partial charge >= 0.3 is 0 Å². The molecule has 3 aromatic heterocycles. The number of aliphatic hydroxyl groups excluding tert-OH is 1. The van der Waals surface area contributed by atoms with Crippen LogP contribution in [0.4, 0.5) is 17.3 Å². The standard InChI is InChI=1S/C23H24N8O2S/c1-33-14-31-17-10-15(2-3-18(17)34-23-22(31)24-6-7-25-23)11-30-13-28-19-20(26-12-27-21(19)30)29-8-4-16(32)5-9-29/h2-3,6-7,10,12-13,16,32H,4-5,8-9,11,14H2,1H3. The van der Waals surface area contributed by atoms with Crippen molar-refractivity contribution < 1.29 is 9.84 Å². The van der Waals surface area contributed by atoms with Gasteiger partial charge in [0.1, 0.15) is 18.1 Å². The predicted octanol–water partition coefficient (Wildman–Crippen LogP) is 2.83. The number of anilines is 3. The van der Waals surface area contributed by atoms with Crippen LogP contribution in [0.1, 0.15) is 18.4 Å². The van der Waals surface area contributed by atoms with Crippen molar-refractivity contribution in [2.24, 2.45) is 0 Å². The first-order chi connectivity index (χ1) is 16.7. The Morgan fingerprint density at radius 2 is 1.91 bits per heavy atom. The summed E-state index contributed by atoms with van der Waals surface area (Å²) in [7, 11) is 1.68. The third-order valence-electron chi connectivity index (χ3n) is 6.18. The molecule has 1 saturated heterocycles. The monoisotopic (exact) mass is 476 g/mol. The average molecular weight is 477 g/mol. The zero-order valence-electron chi connectivity index (χ0n) is 18.7. The molecule has 1 N–H and O–H groups in total. The highest BCUT2D eigenvalue weighted by Crippen LogP contribution is 2.46. The van der Waals surface area contributed by atoms with Crippen LogP contribution in [0.15, 0.2) is 53.2 Å². The number of benzene rings is 1. The molecule has 0 atom stereocenters. The summed E-state index contributed by atoms with van der Waals surface area (Å²) >= 11 is 1.62. The van der Waals surface area contributed by atoms with Gasteiger partial charge in [0.15, 0.2) is 22.8 Å². The van der Waals surface area contributed by atoms with Crippen LogP contribution in [0.25, 0.3) is 11.2 Å². The van der Waals surface area contributed by atoms with Crippen molar-refractivity contribution in [2.75, 3.05) is 36.7 Å². The summed E-state index contributed by atoms with van der Waals surface area (Å²) in [6.45, 7) is 2.54. The molecule has 4 aromatic rings. The second-order valence-electron chi connectivity index (χ2n) is 8.40. The quantitative estimate of drug-likeness (QED) is 0.462. The van der Waals surface area contributed by atoms with Crippen molar-refractivity contribution >= 4 is 40.2 Å². The SMILES string of the molecule is COCN1c2cc(Cn3cnc4c(N5CCC(O)CC5)ncnc43)ccc2Sc2nccnc21. The Balaban J connectivity index is 1.31. The Kier molecular flexibility index (Phi) is 5.52. The van der Waals surface area contributed by atoms with Gasteiger partial charge in [-0.3, -0.25) is 4.90 Å². The topological polar surface area (TPSA) is 105 Å². The summed E-state index contributed by atoms with van der Waals surface area (Å²) in [5, 5.41) is 10.7. The molecular formula is C23H24N8O2S. The molecule has 10 nitrogen and oxygen atoms in total. The predicted molar refractivity (Wildman–Crippen MR) is 128 cm³/mol. The Morgan fingerprint density at radius 3 is 2.76 bits per heavy atom. The van der Waals surface area contributed by atoms with E-state index in [1.165, 1.54) is 0 Å². The number of nitrogens with zero attached hydrogens (tertiary/aromatic N) is 8. The molecule has 0 amide bonds. The molecule has 5 heterocycles. The minimum absolute atomic E-state index is 0.232. The molecule has 2 aliphatic rings. The van der Waals surface area contributed by atoms with Gasteiger partial charge in [-0.2, -0.15) is 0 Å². The van der Waals surface area contributed by atoms with Gasteiger partial charge in [0.05, 0.1) is 24.7 Å². The molecule has 6 rings (SSSR count). The number of piperidine rings is 1. The molecular weight excluding hydrogens is 452 g/mol. The molecule has 34 heavy (non-hydrogen) atoms. The van der Waals surface area contributed by atoms with E-state index in [-0.39, 0.29) is 6.10 Å². The lowest BCUT2D eigenvalue weighted by Gasteiger charge is -2.30. The van der Waals surface area contributed by atoms with Gasteiger partial charge in [0.2, 0.25) is 0 Å². The van der Waals surface area contributed by atoms with Gasteiger partial charge in [0, 0.05) is 37.5 Å². The second-order valence-corrected chi connectivity index (χ2v) is 9.43. The molecule has 1 fully saturated rings. The van der Waals surface area contributed by atoms with Gasteiger partial charge in [-0.15, -0.1) is 0 Å². The largest absolute Gasteiger partial charge is 0.393 e. The number of aromatic nitrogens is 6. The molecule has 2 aliphatic heterocycles. The fourth-order valence-electron chi connectivity index (χ4n) is 4.50. The summed E-state index contributed by atoms with van der Waals surface area (Å²) in [5.74, 6) is 1.63. The van der Waals surface area contributed by atoms with Crippen LogP contribution in [0, 0.1) is 0 Å². The van der Waals surface area contributed by atoms with Crippen molar-refractivity contribution in [3.8, 4) is 0 Å². The first kappa shape index (κ1) is 21.3. The van der Waals surface area contributed by atoms with E-state index in [1.807, 2.05) is 10.9 Å². The summed E-state index contributed by atoms with van der Waals surface area (Å²) < 4.78 is 7.52. The molecule has 0 saturated carbocycles. The minimum atomic E-state index is -0.232. The van der Waals surface area contributed by atoms with E-state index in [0.29, 0.717) is 13.3 Å². The molecule has 0 spiro atoms. The Bertz CT molecular complexity index is 1340. The summed E-state index contributed by atoms with van der Waals surface area (Å²) in [4.78, 5) is 28.0. The van der Waals surface area contributed by atoms with Crippen LogP contribution in [0.5, 0.6) is 0 Å². The van der Waals surface area contributed by atoms with Crippen LogP contribution in [-0.2, 0) is 11.3 Å². The highest BCUT2D eigenvalue weighted by molar-refractivity contribution is 7.99. The first-order valence-electron chi connectivity index (χ1n) is 11.2. The van der Waals surface area contributed by atoms with E-state index in [2.05, 4.69) is 52.9 Å². The fourth-order valence-corrected chi connectivity index (χ4v) is 5.49. The Hall–Kier alpha value is -3.28. The van der Waals surface area contributed by atoms with Crippen LogP contribution in [0.2, 0.25) is 0 Å². The van der Waals surface area contributed by atoms with Gasteiger partial charge in [0.25, 0.3) is 0 Å². The molecule has 174 valence electrons. The van der Waals surface area contributed by atoms with Gasteiger partial charge in [-0.05, 0) is 30.5 Å². The zero-order valence-corrected chi connectivity index (χ0v) is 19.5. The Labute approximate surface area is 200 Å². The third-order valence-corrected chi connectivity index (χ3v) is 7.23. The number of aliphatic hydroxyl groups is 1. The highest BCUT2D eigenvalue weighted by atomic mass is 32.2. The molecule has 0 bridgehead atoms. The van der Waals surface area contributed by atoms with Gasteiger partial charge in [-0.25, -0.2) is 24.9 Å². The number of hydrogen-bond donors (Lipinski definition) is 1. The smallest absolute Gasteiger partial charge is 0.168 e. The van der Waals surface area contributed by atoms with Gasteiger partial charge in [-0.1, -0.05) is 17.8 Å². The number of fused-ring (bicyclic) bond motifs is 3. The maximum absolute atomic E-state index is 9.85. The summed E-state index contributed by atoms with van der Waals surface area (Å²) in [6, 6.07) is 6.41. The lowest BCUT2D eigenvalue weighted by Crippen LogP contribution is -2.36. The number of hydrogen-bond acceptors (Lipinski definition) is 10. The number of imidazole rings is 1. The van der Waals surface area contributed by atoms with E-state index in [0.717, 1.165) is 69.9 Å². The normalized spacial score (nSPS) is 16.1. The number of ether oxygens (including phenoxy) is 1. The van der Waals surface area contributed by atoms with Crippen molar-refractivity contribution in [1.29, 1.82) is 0 Å². The van der Waals surface area contributed by atoms with E-state index in [4.69, 9.17) is 4.74 Å². The molecule has 0 radical (unpaired) electrons. The molecule has 1 aromatic carbocycles. The van der Waals surface area contributed by atoms with E-state index < -0.39 is 0 Å². The van der Waals surface area contributed by atoms with E-state index >= 15 is 0 Å². The maximum atomic E-state index is 9.85. The second kappa shape index (κ2) is 8.82.